The summed E-state index contributed by atoms with van der Waals surface area (Å²) in [6.45, 7) is -18.0. The molecule has 0 atom stereocenters. The summed E-state index contributed by atoms with van der Waals surface area (Å²) >= 11 is 6.30. The molecule has 2 aliphatic rings. The van der Waals surface area contributed by atoms with E-state index in [-0.39, 0.29) is 15.5 Å². The number of aryl methyl sites for hydroxylation is 1. The summed E-state index contributed by atoms with van der Waals surface area (Å²) in [4.78, 5) is 12.6. The molecule has 1 aromatic rings. The lowest BCUT2D eigenvalue weighted by atomic mass is 9.84. The van der Waals surface area contributed by atoms with Crippen molar-refractivity contribution in [3.63, 3.8) is 0 Å². The van der Waals surface area contributed by atoms with Crippen molar-refractivity contribution in [3.05, 3.63) is 28.8 Å². The molecule has 0 bridgehead atoms. The van der Waals surface area contributed by atoms with E-state index in [1.54, 1.807) is 5.32 Å². The van der Waals surface area contributed by atoms with E-state index < -0.39 is 92.9 Å². The van der Waals surface area contributed by atoms with Crippen LogP contribution in [0.1, 0.15) is 64.9 Å². The van der Waals surface area contributed by atoms with Crippen LogP contribution in [-0.2, 0) is 0 Å². The van der Waals surface area contributed by atoms with Crippen LogP contribution in [0.5, 0.6) is 0 Å². The van der Waals surface area contributed by atoms with E-state index in [2.05, 4.69) is 0 Å². The van der Waals surface area contributed by atoms with Crippen LogP contribution in [0.4, 0.5) is 10.5 Å². The Morgan fingerprint density at radius 2 is 1.96 bits per heavy atom. The van der Waals surface area contributed by atoms with E-state index in [0.29, 0.717) is 4.90 Å². The first-order chi connectivity index (χ1) is 20.9. The predicted octanol–water partition coefficient (Wildman–Crippen LogP) is 3.99. The molecule has 0 aromatic heterocycles. The molecule has 1 aliphatic heterocycles. The summed E-state index contributed by atoms with van der Waals surface area (Å²) < 4.78 is 173. The van der Waals surface area contributed by atoms with E-state index in [4.69, 9.17) is 39.0 Å². The average Bonchev–Trinajstić information content (AvgIpc) is 2.87. The lowest BCUT2D eigenvalue weighted by molar-refractivity contribution is 0.194. The van der Waals surface area contributed by atoms with Crippen LogP contribution in [0, 0.1) is 12.8 Å². The molecule has 1 aromatic carbocycles. The van der Waals surface area contributed by atoms with Gasteiger partial charge in [-0.05, 0) is 62.9 Å². The third-order valence-electron chi connectivity index (χ3n) is 3.69. The van der Waals surface area contributed by atoms with Crippen molar-refractivity contribution >= 4 is 23.3 Å². The fraction of sp³-hybridized carbons (Fsp3) is 0.682. The van der Waals surface area contributed by atoms with Crippen LogP contribution in [0.25, 0.3) is 0 Å². The highest BCUT2D eigenvalue weighted by Gasteiger charge is 2.24. The maximum atomic E-state index is 12.5. The fourth-order valence-corrected chi connectivity index (χ4v) is 2.34. The molecule has 156 valence electrons. The van der Waals surface area contributed by atoms with Gasteiger partial charge in [0.2, 0.25) is 0 Å². The first-order valence-electron chi connectivity index (χ1n) is 18.3. The number of piperazine rings is 1. The van der Waals surface area contributed by atoms with Crippen molar-refractivity contribution in [1.29, 1.82) is 0 Å². The van der Waals surface area contributed by atoms with Crippen molar-refractivity contribution in [3.8, 4) is 0 Å². The molecular formula is C22H35ClN4O. The van der Waals surface area contributed by atoms with Crippen molar-refractivity contribution in [1.82, 2.24) is 15.1 Å². The minimum atomic E-state index is -4.15. The van der Waals surface area contributed by atoms with Crippen molar-refractivity contribution in [2.45, 2.75) is 44.9 Å². The zero-order valence-corrected chi connectivity index (χ0v) is 16.3. The standard InChI is InChI=1S/C22H35ClN4O/c1-17-5-4-6-20(21(17)23)27-15-13-26(14-16-27)12-11-18-7-9-19(10-8-18)24-22(28)25(2)3/h4-6,18-19H,7-16H2,1-3H3,(H,24,28)/i7D2,8D2,9D2,10D2,12D2,13D2,14D2,15D2,16D2,18D,19D. The van der Waals surface area contributed by atoms with Gasteiger partial charge in [-0.25, -0.2) is 4.79 Å². The third kappa shape index (κ3) is 5.54. The van der Waals surface area contributed by atoms with Gasteiger partial charge in [0, 0.05) is 66.7 Å². The number of hydrogen-bond donors (Lipinski definition) is 1. The Bertz CT molecular complexity index is 1410. The Labute approximate surface area is 203 Å². The number of amides is 2. The molecule has 2 fully saturated rings. The molecule has 1 N–H and O–H groups in total. The van der Waals surface area contributed by atoms with Gasteiger partial charge >= 0.3 is 6.03 Å². The molecule has 6 heteroatoms. The van der Waals surface area contributed by atoms with E-state index in [1.807, 2.05) is 0 Å². The van der Waals surface area contributed by atoms with E-state index >= 15 is 0 Å². The number of carbonyl (C=O) groups is 1. The molecule has 5 nitrogen and oxygen atoms in total. The number of benzene rings is 1. The van der Waals surface area contributed by atoms with Crippen molar-refractivity contribution in [2.24, 2.45) is 5.89 Å². The van der Waals surface area contributed by atoms with Gasteiger partial charge in [0.25, 0.3) is 0 Å². The van der Waals surface area contributed by atoms with Gasteiger partial charge in [0.1, 0.15) is 0 Å². The van der Waals surface area contributed by atoms with Crippen LogP contribution in [0.3, 0.4) is 0 Å². The number of nitrogens with zero attached hydrogens (tertiary/aromatic N) is 3. The number of hydrogen-bond acceptors (Lipinski definition) is 3. The van der Waals surface area contributed by atoms with Crippen LogP contribution in [0.2, 0.25) is 5.02 Å². The number of halogens is 1. The first-order valence-corrected chi connectivity index (χ1v) is 8.68. The van der Waals surface area contributed by atoms with Gasteiger partial charge < -0.3 is 15.1 Å². The maximum absolute atomic E-state index is 12.5. The predicted molar refractivity (Wildman–Crippen MR) is 117 cm³/mol. The Kier molecular flexibility index (Phi) is 2.58. The molecular weight excluding hydrogens is 372 g/mol. The molecule has 1 aliphatic carbocycles. The van der Waals surface area contributed by atoms with Crippen molar-refractivity contribution in [2.75, 3.05) is 51.5 Å². The van der Waals surface area contributed by atoms with E-state index in [0.717, 1.165) is 20.2 Å². The SMILES string of the molecule is [2H]C([2H])(CC1([2H])C([2H])([2H])C([2H])([2H])C([2H])(NC(=O)N(C)C)C([2H])([2H])C1([2H])[2H])N1C([2H])([2H])C([2H])([2H])N(c2cccc(C)c2Cl)C([2H])([2H])C1([2H])[2H]. The number of rotatable bonds is 5. The fourth-order valence-electron chi connectivity index (χ4n) is 2.13. The lowest BCUT2D eigenvalue weighted by Gasteiger charge is -2.37. The number of anilines is 1. The Morgan fingerprint density at radius 1 is 1.29 bits per heavy atom. The van der Waals surface area contributed by atoms with Gasteiger partial charge in [0.05, 0.1) is 17.6 Å². The van der Waals surface area contributed by atoms with Crippen LogP contribution in [0.15, 0.2) is 18.2 Å². The summed E-state index contributed by atoms with van der Waals surface area (Å²) in [7, 11) is 2.20. The van der Waals surface area contributed by atoms with Gasteiger partial charge in [-0.2, -0.15) is 0 Å². The second-order valence-corrected chi connectivity index (χ2v) is 6.42. The molecule has 1 saturated heterocycles. The van der Waals surface area contributed by atoms with Crippen LogP contribution >= 0.6 is 11.6 Å². The third-order valence-corrected chi connectivity index (χ3v) is 4.18. The zero-order chi connectivity index (χ0) is 38.1. The average molecular weight is 427 g/mol. The normalized spacial score (nSPS) is 54.2. The molecule has 2 amide bonds. The van der Waals surface area contributed by atoms with E-state index in [9.17, 15) is 4.79 Å². The van der Waals surface area contributed by atoms with Crippen molar-refractivity contribution < 1.29 is 32.2 Å². The van der Waals surface area contributed by atoms with Crippen LogP contribution < -0.4 is 10.2 Å². The Balaban J connectivity index is 2.31. The molecule has 1 heterocycles. The molecule has 28 heavy (non-hydrogen) atoms. The minimum Gasteiger partial charge on any atom is -0.368 e. The summed E-state index contributed by atoms with van der Waals surface area (Å²) in [5, 5.41) is 1.33. The highest BCUT2D eigenvalue weighted by molar-refractivity contribution is 6.34. The number of carbonyl (C=O) groups excluding carboxylic acids is 1. The minimum absolute atomic E-state index is 0.0384. The summed E-state index contributed by atoms with van der Waals surface area (Å²) in [6.07, 6.45) is -18.6. The van der Waals surface area contributed by atoms with E-state index in [1.165, 1.54) is 19.1 Å². The summed E-state index contributed by atoms with van der Waals surface area (Å²) in [5.41, 5.74) is -0.266. The Hall–Kier alpha value is -1.46. The van der Waals surface area contributed by atoms with Gasteiger partial charge in [-0.1, -0.05) is 23.7 Å². The second kappa shape index (κ2) is 9.84. The van der Waals surface area contributed by atoms with Gasteiger partial charge in [-0.3, -0.25) is 4.90 Å². The Morgan fingerprint density at radius 3 is 2.61 bits per heavy atom. The summed E-state index contributed by atoms with van der Waals surface area (Å²) in [5.74, 6) is -4.05. The molecule has 1 saturated carbocycles. The first kappa shape index (κ1) is 7.35. The molecule has 3 rings (SSSR count). The smallest absolute Gasteiger partial charge is 0.317 e. The molecule has 0 radical (unpaired) electrons. The van der Waals surface area contributed by atoms with Gasteiger partial charge in [-0.15, -0.1) is 0 Å². The maximum Gasteiger partial charge on any atom is 0.317 e. The monoisotopic (exact) mass is 426 g/mol. The summed E-state index contributed by atoms with van der Waals surface area (Å²) in [6, 6.07) is -1.37. The quantitative estimate of drug-likeness (QED) is 0.773. The number of urea groups is 1. The van der Waals surface area contributed by atoms with Gasteiger partial charge in [0.15, 0.2) is 0 Å². The molecule has 0 spiro atoms. The highest BCUT2D eigenvalue weighted by Crippen LogP contribution is 2.30. The topological polar surface area (TPSA) is 38.8 Å². The second-order valence-electron chi connectivity index (χ2n) is 6.04. The van der Waals surface area contributed by atoms with Crippen LogP contribution in [-0.4, -0.2) is 68.4 Å². The highest BCUT2D eigenvalue weighted by atomic mass is 35.5. The number of nitrogens with one attached hydrogen (secondary N) is 1. The molecule has 0 unspecified atom stereocenters. The lowest BCUT2D eigenvalue weighted by Crippen LogP contribution is -2.47. The zero-order valence-electron chi connectivity index (χ0n) is 35.6. The largest absolute Gasteiger partial charge is 0.368 e.